The van der Waals surface area contributed by atoms with Crippen LogP contribution in [0.4, 0.5) is 0 Å². The normalized spacial score (nSPS) is 10.6. The predicted octanol–water partition coefficient (Wildman–Crippen LogP) is 4.23. The minimum Gasteiger partial charge on any atom is -0.497 e. The molecular weight excluding hydrogens is 262 g/mol. The highest BCUT2D eigenvalue weighted by atomic mass is 16.5. The van der Waals surface area contributed by atoms with Crippen molar-refractivity contribution in [3.8, 4) is 22.8 Å². The highest BCUT2D eigenvalue weighted by Gasteiger charge is 2.11. The number of ether oxygens (including phenoxy) is 2. The molecule has 0 N–H and O–H groups in total. The SMILES string of the molecule is COc1cc(OC)c2c(C)cc(-c3ccccc3)nc2c1. The molecule has 0 bridgehead atoms. The van der Waals surface area contributed by atoms with E-state index in [0.29, 0.717) is 0 Å². The molecule has 0 aliphatic rings. The molecule has 1 aromatic heterocycles. The lowest BCUT2D eigenvalue weighted by molar-refractivity contribution is 0.397. The van der Waals surface area contributed by atoms with E-state index in [-0.39, 0.29) is 0 Å². The van der Waals surface area contributed by atoms with Gasteiger partial charge in [0.1, 0.15) is 11.5 Å². The summed E-state index contributed by atoms with van der Waals surface area (Å²) in [6.45, 7) is 2.07. The van der Waals surface area contributed by atoms with Gasteiger partial charge in [-0.2, -0.15) is 0 Å². The van der Waals surface area contributed by atoms with E-state index in [0.717, 1.165) is 39.2 Å². The van der Waals surface area contributed by atoms with Crippen molar-refractivity contribution in [2.45, 2.75) is 6.92 Å². The maximum Gasteiger partial charge on any atom is 0.132 e. The van der Waals surface area contributed by atoms with E-state index < -0.39 is 0 Å². The Labute approximate surface area is 124 Å². The molecule has 0 amide bonds. The Morgan fingerprint density at radius 2 is 1.67 bits per heavy atom. The van der Waals surface area contributed by atoms with Crippen molar-refractivity contribution in [1.82, 2.24) is 4.98 Å². The predicted molar refractivity (Wildman–Crippen MR) is 85.0 cm³/mol. The zero-order valence-corrected chi connectivity index (χ0v) is 12.4. The maximum atomic E-state index is 5.48. The minimum absolute atomic E-state index is 0.747. The smallest absolute Gasteiger partial charge is 0.132 e. The van der Waals surface area contributed by atoms with Crippen LogP contribution in [0, 0.1) is 6.92 Å². The Bertz CT molecular complexity index is 782. The van der Waals surface area contributed by atoms with Gasteiger partial charge in [0.05, 0.1) is 25.4 Å². The summed E-state index contributed by atoms with van der Waals surface area (Å²) in [6, 6.07) is 16.1. The zero-order valence-electron chi connectivity index (χ0n) is 12.4. The van der Waals surface area contributed by atoms with Gasteiger partial charge in [0.15, 0.2) is 0 Å². The molecule has 0 aliphatic heterocycles. The summed E-state index contributed by atoms with van der Waals surface area (Å²) < 4.78 is 10.8. The summed E-state index contributed by atoms with van der Waals surface area (Å²) in [4.78, 5) is 4.76. The molecular formula is C18H17NO2. The van der Waals surface area contributed by atoms with Crippen LogP contribution in [0.2, 0.25) is 0 Å². The van der Waals surface area contributed by atoms with Gasteiger partial charge in [-0.25, -0.2) is 4.98 Å². The van der Waals surface area contributed by atoms with Crippen LogP contribution in [-0.4, -0.2) is 19.2 Å². The third-order valence-corrected chi connectivity index (χ3v) is 3.57. The molecule has 3 rings (SSSR count). The van der Waals surface area contributed by atoms with Gasteiger partial charge in [-0.05, 0) is 18.6 Å². The van der Waals surface area contributed by atoms with Gasteiger partial charge in [-0.15, -0.1) is 0 Å². The van der Waals surface area contributed by atoms with Crippen molar-refractivity contribution in [1.29, 1.82) is 0 Å². The van der Waals surface area contributed by atoms with Crippen LogP contribution in [0.15, 0.2) is 48.5 Å². The van der Waals surface area contributed by atoms with Gasteiger partial charge in [0.25, 0.3) is 0 Å². The highest BCUT2D eigenvalue weighted by Crippen LogP contribution is 2.34. The van der Waals surface area contributed by atoms with Crippen molar-refractivity contribution in [2.24, 2.45) is 0 Å². The number of pyridine rings is 1. The first-order valence-corrected chi connectivity index (χ1v) is 6.81. The second-order valence-corrected chi connectivity index (χ2v) is 4.91. The van der Waals surface area contributed by atoms with Crippen molar-refractivity contribution in [3.63, 3.8) is 0 Å². The minimum atomic E-state index is 0.747. The first kappa shape index (κ1) is 13.4. The summed E-state index contributed by atoms with van der Waals surface area (Å²) in [5.41, 5.74) is 4.07. The highest BCUT2D eigenvalue weighted by molar-refractivity contribution is 5.91. The molecule has 3 aromatic rings. The van der Waals surface area contributed by atoms with Crippen LogP contribution in [0.3, 0.4) is 0 Å². The first-order valence-electron chi connectivity index (χ1n) is 6.81. The first-order chi connectivity index (χ1) is 10.2. The van der Waals surface area contributed by atoms with E-state index in [4.69, 9.17) is 14.5 Å². The molecule has 3 nitrogen and oxygen atoms in total. The largest absolute Gasteiger partial charge is 0.497 e. The van der Waals surface area contributed by atoms with E-state index in [1.807, 2.05) is 30.3 Å². The monoisotopic (exact) mass is 279 g/mol. The number of hydrogen-bond acceptors (Lipinski definition) is 3. The molecule has 0 saturated carbocycles. The number of aryl methyl sites for hydroxylation is 1. The molecule has 2 aromatic carbocycles. The fourth-order valence-corrected chi connectivity index (χ4v) is 2.54. The molecule has 0 fully saturated rings. The summed E-state index contributed by atoms with van der Waals surface area (Å²) in [5, 5.41) is 1.03. The van der Waals surface area contributed by atoms with E-state index in [9.17, 15) is 0 Å². The lowest BCUT2D eigenvalue weighted by Gasteiger charge is -2.12. The van der Waals surface area contributed by atoms with E-state index in [1.54, 1.807) is 14.2 Å². The number of benzene rings is 2. The molecule has 0 spiro atoms. The van der Waals surface area contributed by atoms with Gasteiger partial charge in [-0.1, -0.05) is 30.3 Å². The second-order valence-electron chi connectivity index (χ2n) is 4.91. The number of fused-ring (bicyclic) bond motifs is 1. The van der Waals surface area contributed by atoms with Crippen LogP contribution in [0.25, 0.3) is 22.2 Å². The number of aromatic nitrogens is 1. The zero-order chi connectivity index (χ0) is 14.8. The third kappa shape index (κ3) is 2.42. The molecule has 0 radical (unpaired) electrons. The number of hydrogen-bond donors (Lipinski definition) is 0. The molecule has 0 saturated heterocycles. The molecule has 0 atom stereocenters. The molecule has 106 valence electrons. The lowest BCUT2D eigenvalue weighted by Crippen LogP contribution is -1.94. The van der Waals surface area contributed by atoms with Crippen LogP contribution in [-0.2, 0) is 0 Å². The topological polar surface area (TPSA) is 31.4 Å². The summed E-state index contributed by atoms with van der Waals surface area (Å²) >= 11 is 0. The number of methoxy groups -OCH3 is 2. The average molecular weight is 279 g/mol. The van der Waals surface area contributed by atoms with Crippen LogP contribution < -0.4 is 9.47 Å². The molecule has 0 aliphatic carbocycles. The Kier molecular flexibility index (Phi) is 3.48. The van der Waals surface area contributed by atoms with Crippen LogP contribution in [0.5, 0.6) is 11.5 Å². The van der Waals surface area contributed by atoms with E-state index in [1.165, 1.54) is 0 Å². The summed E-state index contributed by atoms with van der Waals surface area (Å²) in [7, 11) is 3.31. The fraction of sp³-hybridized carbons (Fsp3) is 0.167. The summed E-state index contributed by atoms with van der Waals surface area (Å²) in [5.74, 6) is 1.53. The third-order valence-electron chi connectivity index (χ3n) is 3.57. The fourth-order valence-electron chi connectivity index (χ4n) is 2.54. The maximum absolute atomic E-state index is 5.48. The van der Waals surface area contributed by atoms with Gasteiger partial charge in [0, 0.05) is 23.1 Å². The Balaban J connectivity index is 2.28. The quantitative estimate of drug-likeness (QED) is 0.719. The standard InChI is InChI=1S/C18H17NO2/c1-12-9-15(13-7-5-4-6-8-13)19-16-10-14(20-2)11-17(21-3)18(12)16/h4-11H,1-3H3. The van der Waals surface area contributed by atoms with E-state index >= 15 is 0 Å². The van der Waals surface area contributed by atoms with Gasteiger partial charge in [-0.3, -0.25) is 0 Å². The molecule has 0 unspecified atom stereocenters. The number of rotatable bonds is 3. The van der Waals surface area contributed by atoms with Gasteiger partial charge in [0.2, 0.25) is 0 Å². The number of nitrogens with zero attached hydrogens (tertiary/aromatic N) is 1. The van der Waals surface area contributed by atoms with Crippen molar-refractivity contribution in [2.75, 3.05) is 14.2 Å². The Morgan fingerprint density at radius 3 is 2.33 bits per heavy atom. The Hall–Kier alpha value is -2.55. The van der Waals surface area contributed by atoms with Gasteiger partial charge < -0.3 is 9.47 Å². The Morgan fingerprint density at radius 1 is 0.905 bits per heavy atom. The molecule has 21 heavy (non-hydrogen) atoms. The molecule has 3 heteroatoms. The van der Waals surface area contributed by atoms with E-state index in [2.05, 4.69) is 25.1 Å². The van der Waals surface area contributed by atoms with Crippen LogP contribution >= 0.6 is 0 Å². The average Bonchev–Trinajstić information content (AvgIpc) is 2.54. The van der Waals surface area contributed by atoms with Crippen molar-refractivity contribution in [3.05, 3.63) is 54.1 Å². The summed E-state index contributed by atoms with van der Waals surface area (Å²) in [6.07, 6.45) is 0. The second kappa shape index (κ2) is 5.44. The van der Waals surface area contributed by atoms with Crippen molar-refractivity contribution >= 4 is 10.9 Å². The van der Waals surface area contributed by atoms with Crippen LogP contribution in [0.1, 0.15) is 5.56 Å². The van der Waals surface area contributed by atoms with Crippen molar-refractivity contribution < 1.29 is 9.47 Å². The van der Waals surface area contributed by atoms with Gasteiger partial charge >= 0.3 is 0 Å². The molecule has 1 heterocycles. The lowest BCUT2D eigenvalue weighted by atomic mass is 10.0.